The van der Waals surface area contributed by atoms with E-state index in [1.165, 1.54) is 3.57 Å². The molecule has 3 aromatic rings. The molecule has 0 N–H and O–H groups in total. The van der Waals surface area contributed by atoms with Crippen LogP contribution in [0.5, 0.6) is 6.01 Å². The minimum absolute atomic E-state index is 0.374. The monoisotopic (exact) mass is 529 g/mol. The van der Waals surface area contributed by atoms with Gasteiger partial charge in [-0.15, -0.1) is 0 Å². The predicted octanol–water partition coefficient (Wildman–Crippen LogP) is 3.55. The molecule has 0 aliphatic carbocycles. The van der Waals surface area contributed by atoms with Gasteiger partial charge in [0.2, 0.25) is 0 Å². The summed E-state index contributed by atoms with van der Waals surface area (Å²) in [6.07, 6.45) is 4.36. The van der Waals surface area contributed by atoms with E-state index in [0.717, 1.165) is 35.9 Å². The van der Waals surface area contributed by atoms with Crippen LogP contribution in [0.1, 0.15) is 17.0 Å². The van der Waals surface area contributed by atoms with Crippen molar-refractivity contribution < 1.29 is 9.47 Å². The van der Waals surface area contributed by atoms with Crippen molar-refractivity contribution in [3.05, 3.63) is 75.2 Å². The lowest BCUT2D eigenvalue weighted by molar-refractivity contribution is 0.122. The van der Waals surface area contributed by atoms with Gasteiger partial charge in [-0.3, -0.25) is 9.98 Å². The maximum absolute atomic E-state index is 5.89. The molecule has 0 atom stereocenters. The molecule has 0 radical (unpaired) electrons. The summed E-state index contributed by atoms with van der Waals surface area (Å²) in [7, 11) is 0. The fraction of sp³-hybridized carbons (Fsp3) is 0.304. The van der Waals surface area contributed by atoms with Crippen LogP contribution in [-0.4, -0.2) is 54.1 Å². The fourth-order valence-electron chi connectivity index (χ4n) is 3.18. The van der Waals surface area contributed by atoms with Gasteiger partial charge in [0.1, 0.15) is 5.82 Å². The van der Waals surface area contributed by atoms with Crippen LogP contribution in [-0.2, 0) is 17.7 Å². The Morgan fingerprint density at radius 3 is 2.77 bits per heavy atom. The number of ether oxygens (including phenoxy) is 2. The number of benzene rings is 1. The van der Waals surface area contributed by atoms with Crippen LogP contribution in [0, 0.1) is 3.57 Å². The summed E-state index contributed by atoms with van der Waals surface area (Å²) in [5, 5.41) is 0. The van der Waals surface area contributed by atoms with Crippen molar-refractivity contribution >= 4 is 34.6 Å². The molecule has 0 spiro atoms. The summed E-state index contributed by atoms with van der Waals surface area (Å²) in [6, 6.07) is 16.4. The second-order valence-electron chi connectivity index (χ2n) is 7.04. The molecule has 1 aromatic carbocycles. The maximum Gasteiger partial charge on any atom is 0.318 e. The van der Waals surface area contributed by atoms with Gasteiger partial charge in [0.25, 0.3) is 0 Å². The van der Waals surface area contributed by atoms with Gasteiger partial charge < -0.3 is 14.4 Å². The molecule has 160 valence electrons. The first-order chi connectivity index (χ1) is 15.3. The van der Waals surface area contributed by atoms with Gasteiger partial charge in [0.15, 0.2) is 0 Å². The Hall–Kier alpha value is -2.59. The third-order valence-electron chi connectivity index (χ3n) is 4.74. The highest BCUT2D eigenvalue weighted by Crippen LogP contribution is 2.19. The minimum Gasteiger partial charge on any atom is -0.463 e. The number of morpholine rings is 1. The fourth-order valence-corrected chi connectivity index (χ4v) is 3.75. The number of pyridine rings is 1. The summed E-state index contributed by atoms with van der Waals surface area (Å²) in [4.78, 5) is 20.3. The van der Waals surface area contributed by atoms with Crippen LogP contribution in [0.25, 0.3) is 0 Å². The lowest BCUT2D eigenvalue weighted by Crippen LogP contribution is -2.37. The van der Waals surface area contributed by atoms with Crippen LogP contribution in [0.2, 0.25) is 0 Å². The largest absolute Gasteiger partial charge is 0.463 e. The number of halogens is 1. The van der Waals surface area contributed by atoms with E-state index in [0.29, 0.717) is 38.8 Å². The minimum atomic E-state index is 0.374. The third-order valence-corrected chi connectivity index (χ3v) is 5.41. The Bertz CT molecular complexity index is 1010. The summed E-state index contributed by atoms with van der Waals surface area (Å²) in [6.45, 7) is 3.92. The summed E-state index contributed by atoms with van der Waals surface area (Å²) in [5.41, 5.74) is 2.88. The van der Waals surface area contributed by atoms with Crippen molar-refractivity contribution in [1.29, 1.82) is 0 Å². The lowest BCUT2D eigenvalue weighted by atomic mass is 10.2. The molecule has 31 heavy (non-hydrogen) atoms. The van der Waals surface area contributed by atoms with E-state index in [9.17, 15) is 0 Å². The summed E-state index contributed by atoms with van der Waals surface area (Å²) in [5.74, 6) is 0.852. The third kappa shape index (κ3) is 6.70. The predicted molar refractivity (Wildman–Crippen MR) is 129 cm³/mol. The Morgan fingerprint density at radius 1 is 1.06 bits per heavy atom. The quantitative estimate of drug-likeness (QED) is 0.329. The Labute approximate surface area is 195 Å². The van der Waals surface area contributed by atoms with E-state index in [4.69, 9.17) is 9.47 Å². The molecule has 8 heteroatoms. The van der Waals surface area contributed by atoms with Crippen LogP contribution >= 0.6 is 22.6 Å². The van der Waals surface area contributed by atoms with Crippen LogP contribution in [0.3, 0.4) is 0 Å². The molecule has 0 amide bonds. The van der Waals surface area contributed by atoms with E-state index in [-0.39, 0.29) is 0 Å². The number of anilines is 1. The molecule has 1 aliphatic rings. The molecule has 7 nitrogen and oxygen atoms in total. The SMILES string of the molecule is Ic1cccc(C=NCc2cc(N3CCOCC3)nc(OCCc3ccccn3)n2)c1. The highest BCUT2D eigenvalue weighted by molar-refractivity contribution is 14.1. The molecule has 0 unspecified atom stereocenters. The van der Waals surface area contributed by atoms with Gasteiger partial charge in [-0.25, -0.2) is 0 Å². The highest BCUT2D eigenvalue weighted by atomic mass is 127. The van der Waals surface area contributed by atoms with E-state index in [1.54, 1.807) is 6.20 Å². The maximum atomic E-state index is 5.89. The Morgan fingerprint density at radius 2 is 1.97 bits per heavy atom. The van der Waals surface area contributed by atoms with Crippen molar-refractivity contribution in [2.45, 2.75) is 13.0 Å². The number of hydrogen-bond acceptors (Lipinski definition) is 7. The molecule has 2 aromatic heterocycles. The average molecular weight is 529 g/mol. The van der Waals surface area contributed by atoms with Crippen molar-refractivity contribution in [2.75, 3.05) is 37.8 Å². The number of rotatable bonds is 8. The molecule has 1 fully saturated rings. The van der Waals surface area contributed by atoms with Crippen molar-refractivity contribution in [2.24, 2.45) is 4.99 Å². The lowest BCUT2D eigenvalue weighted by Gasteiger charge is -2.28. The van der Waals surface area contributed by atoms with Crippen molar-refractivity contribution in [3.63, 3.8) is 0 Å². The number of nitrogens with zero attached hydrogens (tertiary/aromatic N) is 5. The van der Waals surface area contributed by atoms with Crippen LogP contribution < -0.4 is 9.64 Å². The van der Waals surface area contributed by atoms with Crippen LogP contribution in [0.4, 0.5) is 5.82 Å². The Balaban J connectivity index is 1.46. The number of hydrogen-bond donors (Lipinski definition) is 0. The molecule has 0 saturated carbocycles. The zero-order valence-corrected chi connectivity index (χ0v) is 19.3. The van der Waals surface area contributed by atoms with Gasteiger partial charge >= 0.3 is 6.01 Å². The molecule has 0 bridgehead atoms. The van der Waals surface area contributed by atoms with Gasteiger partial charge in [0, 0.05) is 47.3 Å². The van der Waals surface area contributed by atoms with Crippen molar-refractivity contribution in [3.8, 4) is 6.01 Å². The Kier molecular flexibility index (Phi) is 7.78. The van der Waals surface area contributed by atoms with E-state index in [2.05, 4.69) is 59.6 Å². The van der Waals surface area contributed by atoms with Crippen molar-refractivity contribution in [1.82, 2.24) is 15.0 Å². The second kappa shape index (κ2) is 11.1. The molecule has 3 heterocycles. The zero-order chi connectivity index (χ0) is 21.3. The number of aliphatic imine (C=N–C) groups is 1. The zero-order valence-electron chi connectivity index (χ0n) is 17.2. The van der Waals surface area contributed by atoms with Gasteiger partial charge in [-0.05, 0) is 52.4 Å². The van der Waals surface area contributed by atoms with Gasteiger partial charge in [0.05, 0.1) is 32.1 Å². The van der Waals surface area contributed by atoms with Crippen LogP contribution in [0.15, 0.2) is 59.7 Å². The first-order valence-electron chi connectivity index (χ1n) is 10.2. The summed E-state index contributed by atoms with van der Waals surface area (Å²) < 4.78 is 12.5. The standard InChI is InChI=1S/C23H24IN5O2/c24-19-5-3-4-18(14-19)16-25-17-21-15-22(29-9-12-30-13-10-29)28-23(27-21)31-11-7-20-6-1-2-8-26-20/h1-6,8,14-16H,7,9-13,17H2. The van der Waals surface area contributed by atoms with E-state index < -0.39 is 0 Å². The van der Waals surface area contributed by atoms with Gasteiger partial charge in [-0.1, -0.05) is 18.2 Å². The topological polar surface area (TPSA) is 72.7 Å². The van der Waals surface area contributed by atoms with Gasteiger partial charge in [-0.2, -0.15) is 9.97 Å². The molecular weight excluding hydrogens is 505 g/mol. The number of aromatic nitrogens is 3. The normalized spacial score (nSPS) is 14.2. The summed E-state index contributed by atoms with van der Waals surface area (Å²) >= 11 is 2.30. The smallest absolute Gasteiger partial charge is 0.318 e. The molecular formula is C23H24IN5O2. The van der Waals surface area contributed by atoms with E-state index in [1.807, 2.05) is 42.6 Å². The molecule has 1 saturated heterocycles. The first-order valence-corrected chi connectivity index (χ1v) is 11.3. The second-order valence-corrected chi connectivity index (χ2v) is 8.29. The average Bonchev–Trinajstić information content (AvgIpc) is 2.80. The highest BCUT2D eigenvalue weighted by Gasteiger charge is 2.15. The van der Waals surface area contributed by atoms with E-state index >= 15 is 0 Å². The first kappa shape index (κ1) is 21.6. The molecule has 4 rings (SSSR count). The molecule has 1 aliphatic heterocycles.